The van der Waals surface area contributed by atoms with Crippen LogP contribution in [0.3, 0.4) is 0 Å². The fourth-order valence-corrected chi connectivity index (χ4v) is 1.60. The van der Waals surface area contributed by atoms with Crippen molar-refractivity contribution in [2.24, 2.45) is 0 Å². The number of H-pyrrole nitrogens is 2. The minimum absolute atomic E-state index is 0.148. The van der Waals surface area contributed by atoms with Crippen LogP contribution in [0.25, 0.3) is 0 Å². The number of aromatic amines is 2. The third-order valence-electron chi connectivity index (χ3n) is 2.19. The van der Waals surface area contributed by atoms with Crippen LogP contribution in [0.5, 0.6) is 0 Å². The van der Waals surface area contributed by atoms with Crippen molar-refractivity contribution < 1.29 is 4.74 Å². The molecule has 0 saturated heterocycles. The summed E-state index contributed by atoms with van der Waals surface area (Å²) in [6.45, 7) is 3.69. The Balaban J connectivity index is 2.27. The van der Waals surface area contributed by atoms with Gasteiger partial charge in [0.2, 0.25) is 0 Å². The number of ether oxygens (including phenoxy) is 1. The topological polar surface area (TPSA) is 57.9 Å². The second-order valence-corrected chi connectivity index (χ2v) is 4.09. The SMILES string of the molecule is CCCCOCCCc1cc(=O)[nH]c(=S)[nH]1. The van der Waals surface area contributed by atoms with Gasteiger partial charge in [0.05, 0.1) is 0 Å². The average Bonchev–Trinajstić information content (AvgIpc) is 2.22. The van der Waals surface area contributed by atoms with Crippen LogP contribution < -0.4 is 5.56 Å². The van der Waals surface area contributed by atoms with Crippen molar-refractivity contribution in [3.05, 3.63) is 26.9 Å². The van der Waals surface area contributed by atoms with Gasteiger partial charge in [0.25, 0.3) is 5.56 Å². The first-order valence-corrected chi connectivity index (χ1v) is 6.03. The van der Waals surface area contributed by atoms with E-state index in [2.05, 4.69) is 16.9 Å². The van der Waals surface area contributed by atoms with E-state index in [1.54, 1.807) is 6.07 Å². The lowest BCUT2D eigenvalue weighted by atomic mass is 10.2. The van der Waals surface area contributed by atoms with Gasteiger partial charge in [0, 0.05) is 25.0 Å². The molecule has 1 heterocycles. The van der Waals surface area contributed by atoms with Crippen molar-refractivity contribution >= 4 is 12.2 Å². The van der Waals surface area contributed by atoms with Gasteiger partial charge in [-0.15, -0.1) is 0 Å². The van der Waals surface area contributed by atoms with Gasteiger partial charge in [-0.3, -0.25) is 9.78 Å². The molecule has 2 N–H and O–H groups in total. The first kappa shape index (κ1) is 13.1. The van der Waals surface area contributed by atoms with Gasteiger partial charge < -0.3 is 9.72 Å². The van der Waals surface area contributed by atoms with Gasteiger partial charge in [-0.25, -0.2) is 0 Å². The lowest BCUT2D eigenvalue weighted by molar-refractivity contribution is 0.129. The Bertz CT molecular complexity index is 383. The molecule has 0 aliphatic rings. The maximum absolute atomic E-state index is 11.1. The van der Waals surface area contributed by atoms with Crippen LogP contribution in [-0.4, -0.2) is 23.2 Å². The Morgan fingerprint density at radius 1 is 1.31 bits per heavy atom. The Kier molecular flexibility index (Phi) is 6.03. The summed E-state index contributed by atoms with van der Waals surface area (Å²) < 4.78 is 5.81. The molecular weight excluding hydrogens is 224 g/mol. The fourth-order valence-electron chi connectivity index (χ4n) is 1.37. The number of aromatic nitrogens is 2. The maximum atomic E-state index is 11.1. The maximum Gasteiger partial charge on any atom is 0.251 e. The number of aryl methyl sites for hydroxylation is 1. The largest absolute Gasteiger partial charge is 0.381 e. The second kappa shape index (κ2) is 7.35. The number of hydrogen-bond acceptors (Lipinski definition) is 3. The van der Waals surface area contributed by atoms with Crippen molar-refractivity contribution in [2.45, 2.75) is 32.6 Å². The predicted molar refractivity (Wildman–Crippen MR) is 66.3 cm³/mol. The van der Waals surface area contributed by atoms with Crippen LogP contribution >= 0.6 is 12.2 Å². The molecule has 1 aromatic rings. The van der Waals surface area contributed by atoms with Gasteiger partial charge in [-0.1, -0.05) is 13.3 Å². The smallest absolute Gasteiger partial charge is 0.251 e. The highest BCUT2D eigenvalue weighted by Crippen LogP contribution is 1.97. The van der Waals surface area contributed by atoms with E-state index in [1.807, 2.05) is 0 Å². The summed E-state index contributed by atoms with van der Waals surface area (Å²) in [5, 5.41) is 0. The van der Waals surface area contributed by atoms with E-state index in [-0.39, 0.29) is 5.56 Å². The summed E-state index contributed by atoms with van der Waals surface area (Å²) in [5.41, 5.74) is 0.721. The highest BCUT2D eigenvalue weighted by molar-refractivity contribution is 7.71. The Morgan fingerprint density at radius 3 is 2.75 bits per heavy atom. The molecule has 16 heavy (non-hydrogen) atoms. The number of hydrogen-bond donors (Lipinski definition) is 2. The second-order valence-electron chi connectivity index (χ2n) is 3.68. The molecule has 90 valence electrons. The summed E-state index contributed by atoms with van der Waals surface area (Å²) in [4.78, 5) is 16.6. The van der Waals surface area contributed by atoms with E-state index in [9.17, 15) is 4.79 Å². The van der Waals surface area contributed by atoms with E-state index >= 15 is 0 Å². The number of unbranched alkanes of at least 4 members (excludes halogenated alkanes) is 1. The molecule has 0 fully saturated rings. The van der Waals surface area contributed by atoms with E-state index in [0.29, 0.717) is 4.77 Å². The molecule has 0 amide bonds. The monoisotopic (exact) mass is 242 g/mol. The first-order chi connectivity index (χ1) is 7.72. The molecule has 0 saturated carbocycles. The average molecular weight is 242 g/mol. The minimum atomic E-state index is -0.148. The number of rotatable bonds is 7. The molecule has 1 aromatic heterocycles. The van der Waals surface area contributed by atoms with E-state index in [1.165, 1.54) is 0 Å². The third kappa shape index (κ3) is 5.23. The van der Waals surface area contributed by atoms with Crippen LogP contribution in [0.2, 0.25) is 0 Å². The summed E-state index contributed by atoms with van der Waals surface area (Å²) in [6, 6.07) is 1.54. The van der Waals surface area contributed by atoms with Crippen molar-refractivity contribution in [1.29, 1.82) is 0 Å². The molecule has 0 aliphatic carbocycles. The molecule has 1 rings (SSSR count). The number of nitrogens with one attached hydrogen (secondary N) is 2. The van der Waals surface area contributed by atoms with Crippen molar-refractivity contribution in [3.63, 3.8) is 0 Å². The van der Waals surface area contributed by atoms with Crippen LogP contribution in [0, 0.1) is 4.77 Å². The lowest BCUT2D eigenvalue weighted by Gasteiger charge is -2.03. The first-order valence-electron chi connectivity index (χ1n) is 5.62. The van der Waals surface area contributed by atoms with Gasteiger partial charge in [0.15, 0.2) is 4.77 Å². The highest BCUT2D eigenvalue weighted by Gasteiger charge is 1.96. The van der Waals surface area contributed by atoms with E-state index < -0.39 is 0 Å². The van der Waals surface area contributed by atoms with Crippen molar-refractivity contribution in [2.75, 3.05) is 13.2 Å². The van der Waals surface area contributed by atoms with Crippen LogP contribution in [0.1, 0.15) is 31.9 Å². The van der Waals surface area contributed by atoms with E-state index in [0.717, 1.165) is 44.6 Å². The molecule has 0 spiro atoms. The lowest BCUT2D eigenvalue weighted by Crippen LogP contribution is -2.09. The predicted octanol–water partition coefficient (Wildman–Crippen LogP) is 2.18. The molecule has 0 aliphatic heterocycles. The molecular formula is C11H18N2O2S. The zero-order valence-corrected chi connectivity index (χ0v) is 10.4. The normalized spacial score (nSPS) is 10.6. The Morgan fingerprint density at radius 2 is 2.06 bits per heavy atom. The minimum Gasteiger partial charge on any atom is -0.381 e. The van der Waals surface area contributed by atoms with E-state index in [4.69, 9.17) is 17.0 Å². The summed E-state index contributed by atoms with van der Waals surface area (Å²) >= 11 is 4.88. The molecule has 4 nitrogen and oxygen atoms in total. The quantitative estimate of drug-likeness (QED) is 0.569. The van der Waals surface area contributed by atoms with Gasteiger partial charge in [-0.05, 0) is 31.5 Å². The Labute approximate surface area is 100 Å². The highest BCUT2D eigenvalue weighted by atomic mass is 32.1. The zero-order chi connectivity index (χ0) is 11.8. The molecule has 5 heteroatoms. The van der Waals surface area contributed by atoms with Crippen LogP contribution in [0.4, 0.5) is 0 Å². The molecule has 0 atom stereocenters. The zero-order valence-electron chi connectivity index (χ0n) is 9.54. The van der Waals surface area contributed by atoms with Crippen LogP contribution in [0.15, 0.2) is 10.9 Å². The summed E-state index contributed by atoms with van der Waals surface area (Å²) in [5.74, 6) is 0. The van der Waals surface area contributed by atoms with Gasteiger partial charge in [0.1, 0.15) is 0 Å². The Hall–Kier alpha value is -0.940. The van der Waals surface area contributed by atoms with Crippen LogP contribution in [-0.2, 0) is 11.2 Å². The van der Waals surface area contributed by atoms with Gasteiger partial charge >= 0.3 is 0 Å². The molecule has 0 radical (unpaired) electrons. The van der Waals surface area contributed by atoms with Gasteiger partial charge in [-0.2, -0.15) is 0 Å². The summed E-state index contributed by atoms with van der Waals surface area (Å²) in [6.07, 6.45) is 3.95. The molecule has 0 aromatic carbocycles. The third-order valence-corrected chi connectivity index (χ3v) is 2.40. The molecule has 0 unspecified atom stereocenters. The summed E-state index contributed by atoms with van der Waals surface area (Å²) in [7, 11) is 0. The standard InChI is InChI=1S/C11H18N2O2S/c1-2-3-6-15-7-4-5-9-8-10(14)13-11(16)12-9/h8H,2-7H2,1H3,(H2,12,13,14,16). The van der Waals surface area contributed by atoms with Crippen molar-refractivity contribution in [1.82, 2.24) is 9.97 Å². The molecule has 0 bridgehead atoms. The van der Waals surface area contributed by atoms with Crippen molar-refractivity contribution in [3.8, 4) is 0 Å². The fraction of sp³-hybridized carbons (Fsp3) is 0.636.